The highest BCUT2D eigenvalue weighted by molar-refractivity contribution is 7.94. The first-order chi connectivity index (χ1) is 32.0. The van der Waals surface area contributed by atoms with Gasteiger partial charge < -0.3 is 23.8 Å². The molecule has 0 atom stereocenters. The number of hydrogen-bond donors (Lipinski definition) is 0. The first kappa shape index (κ1) is 49.7. The van der Waals surface area contributed by atoms with Crippen LogP contribution in [0, 0.1) is 0 Å². The van der Waals surface area contributed by atoms with Crippen LogP contribution in [0.5, 0.6) is 0 Å². The van der Waals surface area contributed by atoms with E-state index < -0.39 is 52.7 Å². The molecule has 5 aromatic carbocycles. The van der Waals surface area contributed by atoms with Gasteiger partial charge in [0, 0.05) is 75.0 Å². The molecule has 0 saturated carbocycles. The Morgan fingerprint density at radius 2 is 1.37 bits per heavy atom. The smallest absolute Gasteiger partial charge is 0.210 e. The van der Waals surface area contributed by atoms with Gasteiger partial charge in [-0.2, -0.15) is 8.91 Å². The van der Waals surface area contributed by atoms with E-state index in [9.17, 15) is 44.2 Å². The normalized spacial score (nSPS) is 18.0. The summed E-state index contributed by atoms with van der Waals surface area (Å²) >= 11 is 8.23. The SMILES string of the molecule is CC1(C)C(=CC=C2C(Cl)=C(C=CC3=[N+](CCCCS(=O)(=O)[O-])c4ccc5cc(SOO[O-])ccc5c4C3(C)C)c3ccccc32)N(CCCCS(=O)(=O)[O-])c2ccc3cc(S(=O)(=O)[O-])ccc3c21. The molecule has 0 amide bonds. The number of halogens is 1. The minimum atomic E-state index is -4.71. The van der Waals surface area contributed by atoms with Gasteiger partial charge in [0.25, 0.3) is 0 Å². The molecule has 2 aliphatic heterocycles. The molecule has 0 radical (unpaired) electrons. The fraction of sp³-hybridized carbons (Fsp3) is 0.286. The van der Waals surface area contributed by atoms with Gasteiger partial charge in [-0.3, -0.25) is 5.04 Å². The fourth-order valence-corrected chi connectivity index (χ4v) is 12.3. The quantitative estimate of drug-likeness (QED) is 0.0213. The van der Waals surface area contributed by atoms with Crippen LogP contribution in [0.2, 0.25) is 0 Å². The lowest BCUT2D eigenvalue weighted by Crippen LogP contribution is -2.28. The highest BCUT2D eigenvalue weighted by Gasteiger charge is 2.46. The molecule has 0 bridgehead atoms. The second-order valence-corrected chi connectivity index (χ2v) is 23.6. The number of allylic oxidation sites excluding steroid dienone is 8. The summed E-state index contributed by atoms with van der Waals surface area (Å²) in [5.74, 6) is -0.976. The molecule has 68 heavy (non-hydrogen) atoms. The van der Waals surface area contributed by atoms with Crippen molar-refractivity contribution >= 4 is 104 Å². The first-order valence-electron chi connectivity index (χ1n) is 21.6. The molecular weight excluding hydrogens is 972 g/mol. The van der Waals surface area contributed by atoms with Crippen LogP contribution < -0.4 is 10.2 Å². The third-order valence-corrected chi connectivity index (χ3v) is 16.3. The number of hydrogen-bond acceptors (Lipinski definition) is 14. The third-order valence-electron chi connectivity index (χ3n) is 12.9. The number of anilines is 1. The van der Waals surface area contributed by atoms with Crippen molar-refractivity contribution in [1.82, 2.24) is 0 Å². The number of benzene rings is 5. The maximum absolute atomic E-state index is 12.0. The van der Waals surface area contributed by atoms with Crippen LogP contribution in [0.4, 0.5) is 11.4 Å². The van der Waals surface area contributed by atoms with E-state index in [2.05, 4.69) is 32.7 Å². The second kappa shape index (κ2) is 18.9. The Labute approximate surface area is 405 Å². The van der Waals surface area contributed by atoms with Gasteiger partial charge in [0.2, 0.25) is 5.69 Å². The lowest BCUT2D eigenvalue weighted by Gasteiger charge is -2.27. The molecule has 0 unspecified atom stereocenters. The third kappa shape index (κ3) is 9.87. The van der Waals surface area contributed by atoms with E-state index in [0.717, 1.165) is 84.4 Å². The highest BCUT2D eigenvalue weighted by Crippen LogP contribution is 2.52. The average molecular weight is 1020 g/mol. The average Bonchev–Trinajstić information content (AvgIpc) is 3.76. The zero-order chi connectivity index (χ0) is 49.0. The van der Waals surface area contributed by atoms with Crippen molar-refractivity contribution in [3.05, 3.63) is 142 Å². The van der Waals surface area contributed by atoms with Crippen LogP contribution in [0.3, 0.4) is 0 Å². The number of unbranched alkanes of at least 4 members (excludes halogenated alkanes) is 2. The van der Waals surface area contributed by atoms with Gasteiger partial charge in [0.05, 0.1) is 47.6 Å². The summed E-state index contributed by atoms with van der Waals surface area (Å²) in [5, 5.41) is 17.7. The Balaban J connectivity index is 1.21. The molecule has 0 N–H and O–H groups in total. The van der Waals surface area contributed by atoms with E-state index in [1.54, 1.807) is 12.1 Å². The van der Waals surface area contributed by atoms with Gasteiger partial charge in [-0.05, 0) is 120 Å². The van der Waals surface area contributed by atoms with Crippen molar-refractivity contribution in [3.8, 4) is 0 Å². The molecule has 5 aromatic rings. The van der Waals surface area contributed by atoms with Crippen molar-refractivity contribution in [1.29, 1.82) is 0 Å². The molecule has 358 valence electrons. The van der Waals surface area contributed by atoms with Gasteiger partial charge in [0.15, 0.2) is 5.71 Å². The maximum Gasteiger partial charge on any atom is 0.210 e. The summed E-state index contributed by atoms with van der Waals surface area (Å²) in [6.07, 6.45) is 9.09. The van der Waals surface area contributed by atoms with Crippen LogP contribution in [-0.2, 0) is 50.6 Å². The molecule has 14 nitrogen and oxygen atoms in total. The summed E-state index contributed by atoms with van der Waals surface area (Å²) in [6.45, 7) is 9.09. The summed E-state index contributed by atoms with van der Waals surface area (Å²) in [6, 6.07) is 25.4. The Morgan fingerprint density at radius 1 is 0.721 bits per heavy atom. The van der Waals surface area contributed by atoms with Gasteiger partial charge >= 0.3 is 0 Å². The zero-order valence-corrected chi connectivity index (χ0v) is 41.4. The largest absolute Gasteiger partial charge is 0.748 e. The predicted octanol–water partition coefficient (Wildman–Crippen LogP) is 8.44. The molecule has 0 saturated heterocycles. The van der Waals surface area contributed by atoms with Crippen molar-refractivity contribution < 1.29 is 58.1 Å². The number of nitrogens with zero attached hydrogens (tertiary/aromatic N) is 2. The molecule has 3 aliphatic rings. The van der Waals surface area contributed by atoms with Gasteiger partial charge in [-0.1, -0.05) is 74.0 Å². The Hall–Kier alpha value is -4.70. The van der Waals surface area contributed by atoms with E-state index in [1.807, 2.05) is 98.8 Å². The van der Waals surface area contributed by atoms with Crippen molar-refractivity contribution in [2.24, 2.45) is 0 Å². The zero-order valence-electron chi connectivity index (χ0n) is 37.4. The summed E-state index contributed by atoms with van der Waals surface area (Å²) in [7, 11) is -13.5. The second-order valence-electron chi connectivity index (χ2n) is 18.0. The number of fused-ring (bicyclic) bond motifs is 7. The van der Waals surface area contributed by atoms with Gasteiger partial charge in [0.1, 0.15) is 16.7 Å². The van der Waals surface area contributed by atoms with Crippen molar-refractivity contribution in [2.75, 3.05) is 29.5 Å². The standard InChI is InChI=1S/C49H49ClN2O12S4/c1-48(2)43(51(25-7-9-27-66(54,55)56)41-21-13-31-29-33(65-64-63-53)15-17-35(31)45(41)48)23-19-39-37-11-5-6-12-38(37)40(47(39)50)20-24-44-49(3,4)46-36-18-16-34(68(60,61)62)30-32(36)14-22-42(46)52(44)26-8-10-28-67(57,58)59/h5-6,11-24,29-30H,7-10,25-28H2,1-4H3,(H3-,53,54,55,56,57,58,59,60,61,62)/p-3. The van der Waals surface area contributed by atoms with E-state index in [1.165, 1.54) is 12.1 Å². The van der Waals surface area contributed by atoms with Crippen LogP contribution in [-0.4, -0.2) is 73.8 Å². The fourth-order valence-electron chi connectivity index (χ4n) is 9.97. The Morgan fingerprint density at radius 3 is 2.06 bits per heavy atom. The summed E-state index contributed by atoms with van der Waals surface area (Å²) in [5.41, 5.74) is 7.40. The minimum absolute atomic E-state index is 0.147. The molecule has 0 spiro atoms. The van der Waals surface area contributed by atoms with Crippen LogP contribution in [0.15, 0.2) is 130 Å². The molecule has 2 heterocycles. The topological polar surface area (TPSA) is 219 Å². The molecule has 1 aliphatic carbocycles. The Kier molecular flexibility index (Phi) is 13.8. The maximum atomic E-state index is 12.0. The van der Waals surface area contributed by atoms with Crippen LogP contribution >= 0.6 is 23.6 Å². The van der Waals surface area contributed by atoms with E-state index in [-0.39, 0.29) is 17.7 Å². The van der Waals surface area contributed by atoms with Gasteiger partial charge in [-0.15, -0.1) is 0 Å². The Bertz CT molecular complexity index is 3400. The van der Waals surface area contributed by atoms with E-state index in [0.29, 0.717) is 41.2 Å². The summed E-state index contributed by atoms with van der Waals surface area (Å²) < 4.78 is 112. The molecule has 0 fully saturated rings. The number of rotatable bonds is 17. The molecular formula is C49H46ClN2O12S4-3. The molecule has 0 aromatic heterocycles. The van der Waals surface area contributed by atoms with E-state index >= 15 is 0 Å². The first-order valence-corrected chi connectivity index (χ1v) is 27.3. The van der Waals surface area contributed by atoms with Crippen molar-refractivity contribution in [3.63, 3.8) is 0 Å². The molecule has 19 heteroatoms. The lowest BCUT2D eigenvalue weighted by molar-refractivity contribution is -0.777. The molecule has 8 rings (SSSR count). The van der Waals surface area contributed by atoms with E-state index in [4.69, 9.17) is 11.6 Å². The summed E-state index contributed by atoms with van der Waals surface area (Å²) in [4.78, 5) is 2.40. The van der Waals surface area contributed by atoms with Crippen molar-refractivity contribution in [2.45, 2.75) is 74.0 Å². The van der Waals surface area contributed by atoms with Crippen LogP contribution in [0.25, 0.3) is 32.7 Å². The lowest BCUT2D eigenvalue weighted by atomic mass is 9.79. The van der Waals surface area contributed by atoms with Gasteiger partial charge in [-0.25, -0.2) is 25.3 Å². The predicted molar refractivity (Wildman–Crippen MR) is 259 cm³/mol. The van der Waals surface area contributed by atoms with Crippen LogP contribution in [0.1, 0.15) is 75.6 Å². The highest BCUT2D eigenvalue weighted by atomic mass is 35.5. The monoisotopic (exact) mass is 1020 g/mol. The minimum Gasteiger partial charge on any atom is -0.748 e.